The lowest BCUT2D eigenvalue weighted by molar-refractivity contribution is -0.123. The number of alkyl halides is 2. The van der Waals surface area contributed by atoms with Gasteiger partial charge in [0.15, 0.2) is 0 Å². The standard InChI is InChI=1S/C24H40BrFN6O2S/c1-27-23(33)17-11-16-18(12-29-17)32(22(31-16)21-15(26)6-3-9-28-21)14-5-2-4-13(10-14)30-24(34)19-7-8-20(25)35-19/h13-22,28-29,31H,2-12H2,1H3,(H,27,33)(H,30,34)/t13-,14+,15?,16?,17?,18?,19?,20?,21?,22?/m1/s1. The average molecular weight is 576 g/mol. The Labute approximate surface area is 220 Å². The van der Waals surface area contributed by atoms with E-state index >= 15 is 4.39 Å². The molecule has 4 saturated heterocycles. The van der Waals surface area contributed by atoms with Gasteiger partial charge in [-0.3, -0.25) is 19.8 Å². The minimum absolute atomic E-state index is 0.00959. The van der Waals surface area contributed by atoms with E-state index in [0.29, 0.717) is 23.5 Å². The summed E-state index contributed by atoms with van der Waals surface area (Å²) in [5.74, 6) is 0.178. The molecular formula is C24H40BrFN6O2S. The average Bonchev–Trinajstić information content (AvgIpc) is 3.47. The minimum Gasteiger partial charge on any atom is -0.358 e. The van der Waals surface area contributed by atoms with Gasteiger partial charge in [-0.25, -0.2) is 4.39 Å². The zero-order valence-electron chi connectivity index (χ0n) is 20.5. The fourth-order valence-corrected chi connectivity index (χ4v) is 9.04. The quantitative estimate of drug-likeness (QED) is 0.315. The summed E-state index contributed by atoms with van der Waals surface area (Å²) in [6.45, 7) is 1.54. The van der Waals surface area contributed by atoms with Crippen molar-refractivity contribution in [1.82, 2.24) is 31.5 Å². The second-order valence-electron chi connectivity index (χ2n) is 10.8. The van der Waals surface area contributed by atoms with E-state index in [-0.39, 0.29) is 59.5 Å². The topological polar surface area (TPSA) is 97.5 Å². The number of thioether (sulfide) groups is 1. The van der Waals surface area contributed by atoms with Gasteiger partial charge in [-0.15, -0.1) is 11.8 Å². The lowest BCUT2D eigenvalue weighted by atomic mass is 9.86. The summed E-state index contributed by atoms with van der Waals surface area (Å²) in [4.78, 5) is 27.7. The van der Waals surface area contributed by atoms with Gasteiger partial charge in [-0.05, 0) is 64.3 Å². The summed E-state index contributed by atoms with van der Waals surface area (Å²) >= 11 is 5.35. The fraction of sp³-hybridized carbons (Fsp3) is 0.917. The number of carbonyl (C=O) groups excluding carboxylic acids is 2. The van der Waals surface area contributed by atoms with Crippen molar-refractivity contribution in [2.24, 2.45) is 0 Å². The molecule has 10 atom stereocenters. The molecule has 0 aromatic carbocycles. The number of amides is 2. The highest BCUT2D eigenvalue weighted by atomic mass is 79.9. The van der Waals surface area contributed by atoms with Gasteiger partial charge in [0.1, 0.15) is 6.17 Å². The van der Waals surface area contributed by atoms with Crippen LogP contribution in [0.25, 0.3) is 0 Å². The number of nitrogens with one attached hydrogen (secondary N) is 5. The molecule has 1 saturated carbocycles. The Kier molecular flexibility index (Phi) is 8.60. The summed E-state index contributed by atoms with van der Waals surface area (Å²) < 4.78 is 15.5. The number of rotatable bonds is 5. The first-order valence-electron chi connectivity index (χ1n) is 13.4. The van der Waals surface area contributed by atoms with Crippen LogP contribution in [0.4, 0.5) is 4.39 Å². The van der Waals surface area contributed by atoms with Gasteiger partial charge in [-0.1, -0.05) is 15.9 Å². The third kappa shape index (κ3) is 5.70. The number of carbonyl (C=O) groups is 2. The van der Waals surface area contributed by atoms with Crippen molar-refractivity contribution in [2.45, 2.75) is 116 Å². The normalized spacial score (nSPS) is 44.5. The van der Waals surface area contributed by atoms with Crippen LogP contribution in [-0.2, 0) is 9.59 Å². The van der Waals surface area contributed by atoms with E-state index in [1.807, 2.05) is 0 Å². The Balaban J connectivity index is 1.30. The lowest BCUT2D eigenvalue weighted by Gasteiger charge is -2.45. The van der Waals surface area contributed by atoms with Gasteiger partial charge < -0.3 is 21.3 Å². The summed E-state index contributed by atoms with van der Waals surface area (Å²) in [6, 6.07) is 0.294. The molecule has 0 aromatic rings. The summed E-state index contributed by atoms with van der Waals surface area (Å²) in [6.07, 6.45) is 7.12. The monoisotopic (exact) mass is 574 g/mol. The molecule has 0 bridgehead atoms. The van der Waals surface area contributed by atoms with Gasteiger partial charge in [0.2, 0.25) is 11.8 Å². The van der Waals surface area contributed by atoms with Gasteiger partial charge in [0.05, 0.1) is 27.7 Å². The van der Waals surface area contributed by atoms with E-state index in [2.05, 4.69) is 47.4 Å². The van der Waals surface area contributed by atoms with Crippen LogP contribution in [0.3, 0.4) is 0 Å². The van der Waals surface area contributed by atoms with Gasteiger partial charge in [0, 0.05) is 37.8 Å². The molecule has 5 fully saturated rings. The van der Waals surface area contributed by atoms with Crippen LogP contribution >= 0.6 is 27.7 Å². The third-order valence-electron chi connectivity index (χ3n) is 8.62. The smallest absolute Gasteiger partial charge is 0.236 e. The van der Waals surface area contributed by atoms with Crippen LogP contribution in [-0.4, -0.2) is 94.8 Å². The molecule has 1 aliphatic carbocycles. The van der Waals surface area contributed by atoms with Crippen molar-refractivity contribution < 1.29 is 14.0 Å². The first-order chi connectivity index (χ1) is 16.9. The Morgan fingerprint density at radius 1 is 1.06 bits per heavy atom. The van der Waals surface area contributed by atoms with E-state index in [4.69, 9.17) is 0 Å². The maximum Gasteiger partial charge on any atom is 0.236 e. The number of likely N-dealkylation sites (N-methyl/N-ethyl adjacent to an activating group) is 1. The fourth-order valence-electron chi connectivity index (χ4n) is 6.90. The molecule has 4 aliphatic heterocycles. The van der Waals surface area contributed by atoms with Crippen LogP contribution in [0.15, 0.2) is 0 Å². The zero-order chi connectivity index (χ0) is 24.5. The van der Waals surface area contributed by atoms with Crippen LogP contribution in [0.1, 0.15) is 57.8 Å². The van der Waals surface area contributed by atoms with Crippen molar-refractivity contribution in [1.29, 1.82) is 0 Å². The molecule has 2 amide bonds. The number of nitrogens with zero attached hydrogens (tertiary/aromatic N) is 1. The molecule has 0 aromatic heterocycles. The zero-order valence-corrected chi connectivity index (χ0v) is 22.9. The van der Waals surface area contributed by atoms with E-state index in [1.54, 1.807) is 18.8 Å². The minimum atomic E-state index is -0.887. The highest BCUT2D eigenvalue weighted by molar-refractivity contribution is 9.11. The number of hydrogen-bond donors (Lipinski definition) is 5. The maximum absolute atomic E-state index is 15.2. The number of hydrogen-bond acceptors (Lipinski definition) is 7. The van der Waals surface area contributed by atoms with Gasteiger partial charge in [-0.2, -0.15) is 0 Å². The molecule has 8 nitrogen and oxygen atoms in total. The molecule has 4 heterocycles. The largest absolute Gasteiger partial charge is 0.358 e. The Morgan fingerprint density at radius 3 is 2.66 bits per heavy atom. The molecule has 5 aliphatic rings. The Hall–Kier alpha value is -0.460. The number of piperidine rings is 2. The molecule has 0 radical (unpaired) electrons. The van der Waals surface area contributed by atoms with E-state index in [9.17, 15) is 9.59 Å². The maximum atomic E-state index is 15.2. The number of halogens is 2. The van der Waals surface area contributed by atoms with E-state index in [1.165, 1.54) is 0 Å². The number of fused-ring (bicyclic) bond motifs is 1. The van der Waals surface area contributed by atoms with Crippen molar-refractivity contribution in [3.8, 4) is 0 Å². The predicted octanol–water partition coefficient (Wildman–Crippen LogP) is 1.20. The molecule has 198 valence electrons. The van der Waals surface area contributed by atoms with Crippen molar-refractivity contribution in [3.63, 3.8) is 0 Å². The van der Waals surface area contributed by atoms with Crippen molar-refractivity contribution >= 4 is 39.5 Å². The second-order valence-corrected chi connectivity index (χ2v) is 13.9. The molecule has 5 rings (SSSR count). The van der Waals surface area contributed by atoms with Crippen LogP contribution in [0.2, 0.25) is 0 Å². The molecule has 5 N–H and O–H groups in total. The SMILES string of the molecule is CNC(=O)C1CC2NC(C3NCCCC3F)N([C@H]3CCC[C@@H](NC(=O)C4CCC(Br)S4)C3)C2CN1. The predicted molar refractivity (Wildman–Crippen MR) is 140 cm³/mol. The highest BCUT2D eigenvalue weighted by Crippen LogP contribution is 2.38. The van der Waals surface area contributed by atoms with Gasteiger partial charge >= 0.3 is 0 Å². The molecular weight excluding hydrogens is 535 g/mol. The Morgan fingerprint density at radius 2 is 1.91 bits per heavy atom. The van der Waals surface area contributed by atoms with Crippen molar-refractivity contribution in [2.75, 3.05) is 20.1 Å². The van der Waals surface area contributed by atoms with Crippen LogP contribution in [0, 0.1) is 0 Å². The molecule has 8 unspecified atom stereocenters. The summed E-state index contributed by atoms with van der Waals surface area (Å²) in [5, 5.41) is 16.8. The summed E-state index contributed by atoms with van der Waals surface area (Å²) in [7, 11) is 1.67. The first-order valence-corrected chi connectivity index (χ1v) is 15.3. The highest BCUT2D eigenvalue weighted by Gasteiger charge is 2.52. The molecule has 11 heteroatoms. The van der Waals surface area contributed by atoms with Crippen LogP contribution < -0.4 is 26.6 Å². The molecule has 35 heavy (non-hydrogen) atoms. The van der Waals surface area contributed by atoms with Gasteiger partial charge in [0.25, 0.3) is 0 Å². The van der Waals surface area contributed by atoms with E-state index in [0.717, 1.165) is 51.5 Å². The van der Waals surface area contributed by atoms with E-state index < -0.39 is 6.17 Å². The van der Waals surface area contributed by atoms with Crippen LogP contribution in [0.5, 0.6) is 0 Å². The first kappa shape index (κ1) is 26.2. The summed E-state index contributed by atoms with van der Waals surface area (Å²) in [5.41, 5.74) is 0. The lowest BCUT2D eigenvalue weighted by Crippen LogP contribution is -2.63. The van der Waals surface area contributed by atoms with Crippen molar-refractivity contribution in [3.05, 3.63) is 0 Å². The second kappa shape index (κ2) is 11.5. The third-order valence-corrected chi connectivity index (χ3v) is 11.0. The molecule has 0 spiro atoms. The Bertz CT molecular complexity index is 782.